The van der Waals surface area contributed by atoms with Gasteiger partial charge in [-0.05, 0) is 70.4 Å². The molecule has 0 saturated carbocycles. The first-order valence-electron chi connectivity index (χ1n) is 10.8. The molecule has 0 atom stereocenters. The van der Waals surface area contributed by atoms with Crippen LogP contribution in [-0.2, 0) is 10.0 Å². The number of aromatic nitrogens is 4. The molecule has 1 fully saturated rings. The van der Waals surface area contributed by atoms with Gasteiger partial charge in [0.2, 0.25) is 10.0 Å². The van der Waals surface area contributed by atoms with Gasteiger partial charge < -0.3 is 4.90 Å². The fourth-order valence-electron chi connectivity index (χ4n) is 4.40. The summed E-state index contributed by atoms with van der Waals surface area (Å²) in [5, 5.41) is 13.3. The Balaban J connectivity index is 1.49. The van der Waals surface area contributed by atoms with Gasteiger partial charge in [-0.25, -0.2) is 13.1 Å². The van der Waals surface area contributed by atoms with Crippen molar-refractivity contribution in [2.45, 2.75) is 46.4 Å². The number of anilines is 1. The number of piperazine rings is 1. The highest BCUT2D eigenvalue weighted by Crippen LogP contribution is 2.27. The molecule has 0 aliphatic carbocycles. The van der Waals surface area contributed by atoms with Gasteiger partial charge in [0, 0.05) is 31.9 Å². The third kappa shape index (κ3) is 3.91. The molecule has 0 bridgehead atoms. The number of hydrogen-bond acceptors (Lipinski definition) is 6. The molecule has 9 heteroatoms. The van der Waals surface area contributed by atoms with Crippen molar-refractivity contribution in [3.8, 4) is 5.82 Å². The Bertz CT molecular complexity index is 1230. The molecule has 0 amide bonds. The lowest BCUT2D eigenvalue weighted by Crippen LogP contribution is -2.49. The number of nitrogens with zero attached hydrogens (tertiary/aromatic N) is 6. The van der Waals surface area contributed by atoms with Crippen LogP contribution in [0.4, 0.5) is 5.82 Å². The van der Waals surface area contributed by atoms with Crippen LogP contribution >= 0.6 is 0 Å². The summed E-state index contributed by atoms with van der Waals surface area (Å²) in [4.78, 5) is 2.50. The zero-order valence-electron chi connectivity index (χ0n) is 19.5. The second kappa shape index (κ2) is 8.29. The zero-order valence-corrected chi connectivity index (χ0v) is 20.4. The maximum absolute atomic E-state index is 13.3. The molecule has 0 spiro atoms. The van der Waals surface area contributed by atoms with E-state index in [0.29, 0.717) is 36.9 Å². The van der Waals surface area contributed by atoms with E-state index in [1.54, 1.807) is 8.99 Å². The Morgan fingerprint density at radius 2 is 1.38 bits per heavy atom. The van der Waals surface area contributed by atoms with Crippen LogP contribution < -0.4 is 4.90 Å². The monoisotopic (exact) mass is 454 g/mol. The Kier molecular flexibility index (Phi) is 5.81. The minimum absolute atomic E-state index is 0.412. The predicted octanol–water partition coefficient (Wildman–Crippen LogP) is 3.02. The quantitative estimate of drug-likeness (QED) is 0.603. The van der Waals surface area contributed by atoms with Crippen LogP contribution in [0.3, 0.4) is 0 Å². The lowest BCUT2D eigenvalue weighted by molar-refractivity contribution is 0.383. The molecule has 1 aromatic carbocycles. The van der Waals surface area contributed by atoms with Crippen LogP contribution in [0.25, 0.3) is 5.82 Å². The van der Waals surface area contributed by atoms with E-state index in [1.807, 2.05) is 65.8 Å². The highest BCUT2D eigenvalue weighted by Gasteiger charge is 2.31. The SMILES string of the molecule is Cc1cc(C)c(S(=O)(=O)N2CCN(c3ccc(-n4nc(C)c(C)c4C)nn3)CC2)c(C)c1. The fraction of sp³-hybridized carbons (Fsp3) is 0.435. The highest BCUT2D eigenvalue weighted by atomic mass is 32.2. The summed E-state index contributed by atoms with van der Waals surface area (Å²) in [6, 6.07) is 7.69. The van der Waals surface area contributed by atoms with Crippen molar-refractivity contribution in [3.05, 3.63) is 57.9 Å². The fourth-order valence-corrected chi connectivity index (χ4v) is 6.24. The first-order chi connectivity index (χ1) is 15.1. The molecule has 0 radical (unpaired) electrons. The molecule has 0 unspecified atom stereocenters. The molecule has 32 heavy (non-hydrogen) atoms. The van der Waals surface area contributed by atoms with E-state index in [4.69, 9.17) is 0 Å². The standard InChI is InChI=1S/C23H30N6O2S/c1-15-13-16(2)23(17(3)14-15)32(30,31)28-11-9-27(10-12-28)21-7-8-22(25-24-21)29-20(6)18(4)19(5)26-29/h7-8,13-14H,9-12H2,1-6H3. The van der Waals surface area contributed by atoms with E-state index in [9.17, 15) is 8.42 Å². The van der Waals surface area contributed by atoms with E-state index in [2.05, 4.69) is 20.2 Å². The van der Waals surface area contributed by atoms with Crippen molar-refractivity contribution in [2.75, 3.05) is 31.1 Å². The Morgan fingerprint density at radius 3 is 1.88 bits per heavy atom. The van der Waals surface area contributed by atoms with Crippen LogP contribution in [0.2, 0.25) is 0 Å². The summed E-state index contributed by atoms with van der Waals surface area (Å²) in [5.41, 5.74) is 5.83. The summed E-state index contributed by atoms with van der Waals surface area (Å²) in [6.07, 6.45) is 0. The second-order valence-corrected chi connectivity index (χ2v) is 10.5. The van der Waals surface area contributed by atoms with Crippen LogP contribution in [0, 0.1) is 41.5 Å². The Hall–Kier alpha value is -2.78. The molecule has 3 aromatic rings. The van der Waals surface area contributed by atoms with E-state index in [-0.39, 0.29) is 0 Å². The summed E-state index contributed by atoms with van der Waals surface area (Å²) in [5.74, 6) is 1.42. The van der Waals surface area contributed by atoms with Crippen molar-refractivity contribution < 1.29 is 8.42 Å². The Morgan fingerprint density at radius 1 is 0.812 bits per heavy atom. The average molecular weight is 455 g/mol. The molecular weight excluding hydrogens is 424 g/mol. The molecule has 4 rings (SSSR count). The lowest BCUT2D eigenvalue weighted by Gasteiger charge is -2.35. The minimum Gasteiger partial charge on any atom is -0.352 e. The van der Waals surface area contributed by atoms with Gasteiger partial charge in [0.25, 0.3) is 0 Å². The van der Waals surface area contributed by atoms with Crippen LogP contribution in [0.1, 0.15) is 33.6 Å². The van der Waals surface area contributed by atoms with Crippen molar-refractivity contribution in [1.29, 1.82) is 0 Å². The van der Waals surface area contributed by atoms with Gasteiger partial charge in [-0.3, -0.25) is 0 Å². The van der Waals surface area contributed by atoms with Crippen molar-refractivity contribution in [3.63, 3.8) is 0 Å². The molecule has 1 aliphatic heterocycles. The zero-order chi connectivity index (χ0) is 23.2. The molecular formula is C23H30N6O2S. The minimum atomic E-state index is -3.54. The highest BCUT2D eigenvalue weighted by molar-refractivity contribution is 7.89. The first-order valence-corrected chi connectivity index (χ1v) is 12.2. The normalized spacial score (nSPS) is 15.4. The van der Waals surface area contributed by atoms with Gasteiger partial charge in [-0.2, -0.15) is 9.40 Å². The molecule has 0 N–H and O–H groups in total. The number of aryl methyl sites for hydroxylation is 4. The largest absolute Gasteiger partial charge is 0.352 e. The topological polar surface area (TPSA) is 84.2 Å². The maximum atomic E-state index is 13.3. The number of sulfonamides is 1. The van der Waals surface area contributed by atoms with Gasteiger partial charge in [0.05, 0.1) is 10.6 Å². The second-order valence-electron chi connectivity index (χ2n) is 8.58. The third-order valence-corrected chi connectivity index (χ3v) is 8.48. The summed E-state index contributed by atoms with van der Waals surface area (Å²) in [6.45, 7) is 13.7. The maximum Gasteiger partial charge on any atom is 0.243 e. The number of hydrogen-bond donors (Lipinski definition) is 0. The Labute approximate surface area is 189 Å². The number of benzene rings is 1. The first kappa shape index (κ1) is 22.4. The molecule has 3 heterocycles. The van der Waals surface area contributed by atoms with Gasteiger partial charge >= 0.3 is 0 Å². The summed E-state index contributed by atoms with van der Waals surface area (Å²) in [7, 11) is -3.54. The molecule has 1 saturated heterocycles. The van der Waals surface area contributed by atoms with E-state index in [0.717, 1.165) is 39.5 Å². The van der Waals surface area contributed by atoms with Crippen LogP contribution in [0.5, 0.6) is 0 Å². The third-order valence-electron chi connectivity index (χ3n) is 6.27. The van der Waals surface area contributed by atoms with Crippen molar-refractivity contribution in [1.82, 2.24) is 24.3 Å². The molecule has 170 valence electrons. The molecule has 2 aromatic heterocycles. The molecule has 1 aliphatic rings. The van der Waals surface area contributed by atoms with Gasteiger partial charge in [-0.1, -0.05) is 17.7 Å². The van der Waals surface area contributed by atoms with E-state index >= 15 is 0 Å². The predicted molar refractivity (Wildman–Crippen MR) is 125 cm³/mol. The van der Waals surface area contributed by atoms with Gasteiger partial charge in [0.1, 0.15) is 0 Å². The van der Waals surface area contributed by atoms with Gasteiger partial charge in [0.15, 0.2) is 11.6 Å². The molecule has 8 nitrogen and oxygen atoms in total. The van der Waals surface area contributed by atoms with E-state index in [1.165, 1.54) is 0 Å². The van der Waals surface area contributed by atoms with Crippen molar-refractivity contribution >= 4 is 15.8 Å². The average Bonchev–Trinajstić information content (AvgIpc) is 3.00. The smallest absolute Gasteiger partial charge is 0.243 e. The van der Waals surface area contributed by atoms with Crippen LogP contribution in [-0.4, -0.2) is 58.9 Å². The van der Waals surface area contributed by atoms with Crippen molar-refractivity contribution in [2.24, 2.45) is 0 Å². The lowest BCUT2D eigenvalue weighted by atomic mass is 10.1. The van der Waals surface area contributed by atoms with E-state index < -0.39 is 10.0 Å². The van der Waals surface area contributed by atoms with Crippen LogP contribution in [0.15, 0.2) is 29.2 Å². The summed E-state index contributed by atoms with van der Waals surface area (Å²) >= 11 is 0. The number of rotatable bonds is 4. The van der Waals surface area contributed by atoms with Gasteiger partial charge in [-0.15, -0.1) is 10.2 Å². The summed E-state index contributed by atoms with van der Waals surface area (Å²) < 4.78 is 30.0.